The summed E-state index contributed by atoms with van der Waals surface area (Å²) in [5.74, 6) is 0.0838. The van der Waals surface area contributed by atoms with Gasteiger partial charge in [-0.25, -0.2) is 0 Å². The highest BCUT2D eigenvalue weighted by molar-refractivity contribution is 5.81. The SMILES string of the molecule is CC(N)C(=O)N1CCN(CCC(C)(C)C)CC1. The van der Waals surface area contributed by atoms with Gasteiger partial charge in [0.25, 0.3) is 0 Å². The second-order valence-electron chi connectivity index (χ2n) is 6.27. The van der Waals surface area contributed by atoms with Gasteiger partial charge < -0.3 is 10.6 Å². The van der Waals surface area contributed by atoms with E-state index in [0.717, 1.165) is 32.7 Å². The molecule has 0 aromatic carbocycles. The third-order valence-corrected chi connectivity index (χ3v) is 3.25. The zero-order valence-corrected chi connectivity index (χ0v) is 11.7. The van der Waals surface area contributed by atoms with E-state index in [-0.39, 0.29) is 11.9 Å². The molecule has 0 saturated carbocycles. The van der Waals surface area contributed by atoms with E-state index in [2.05, 4.69) is 25.7 Å². The van der Waals surface area contributed by atoms with Crippen molar-refractivity contribution in [2.45, 2.75) is 40.2 Å². The topological polar surface area (TPSA) is 49.6 Å². The Bertz CT molecular complexity index is 250. The van der Waals surface area contributed by atoms with E-state index in [4.69, 9.17) is 5.73 Å². The number of piperazine rings is 1. The lowest BCUT2D eigenvalue weighted by Gasteiger charge is -2.36. The highest BCUT2D eigenvalue weighted by Gasteiger charge is 2.23. The smallest absolute Gasteiger partial charge is 0.239 e. The Labute approximate surface area is 105 Å². The van der Waals surface area contributed by atoms with Crippen LogP contribution in [0, 0.1) is 5.41 Å². The van der Waals surface area contributed by atoms with Gasteiger partial charge in [-0.05, 0) is 25.3 Å². The molecular formula is C13H27N3O. The van der Waals surface area contributed by atoms with E-state index in [1.807, 2.05) is 4.90 Å². The summed E-state index contributed by atoms with van der Waals surface area (Å²) in [6.45, 7) is 13.3. The molecule has 0 aromatic heterocycles. The molecule has 4 nitrogen and oxygen atoms in total. The van der Waals surface area contributed by atoms with E-state index in [0.29, 0.717) is 5.41 Å². The van der Waals surface area contributed by atoms with Crippen molar-refractivity contribution < 1.29 is 4.79 Å². The molecule has 1 fully saturated rings. The average molecular weight is 241 g/mol. The minimum Gasteiger partial charge on any atom is -0.339 e. The molecule has 1 aliphatic rings. The van der Waals surface area contributed by atoms with Gasteiger partial charge in [-0.15, -0.1) is 0 Å². The zero-order chi connectivity index (χ0) is 13.1. The first-order valence-electron chi connectivity index (χ1n) is 6.56. The summed E-state index contributed by atoms with van der Waals surface area (Å²) in [6, 6.07) is -0.365. The Morgan fingerprint density at radius 3 is 2.18 bits per heavy atom. The van der Waals surface area contributed by atoms with Crippen molar-refractivity contribution >= 4 is 5.91 Å². The minimum atomic E-state index is -0.365. The van der Waals surface area contributed by atoms with Crippen LogP contribution in [0.3, 0.4) is 0 Å². The summed E-state index contributed by atoms with van der Waals surface area (Å²) in [6.07, 6.45) is 1.20. The average Bonchev–Trinajstić information content (AvgIpc) is 2.25. The van der Waals surface area contributed by atoms with Crippen LogP contribution in [-0.4, -0.2) is 54.5 Å². The summed E-state index contributed by atoms with van der Waals surface area (Å²) in [5, 5.41) is 0. The van der Waals surface area contributed by atoms with Gasteiger partial charge in [0.2, 0.25) is 5.91 Å². The Hall–Kier alpha value is -0.610. The maximum atomic E-state index is 11.7. The van der Waals surface area contributed by atoms with Crippen LogP contribution in [0.5, 0.6) is 0 Å². The van der Waals surface area contributed by atoms with E-state index >= 15 is 0 Å². The predicted molar refractivity (Wildman–Crippen MR) is 70.7 cm³/mol. The van der Waals surface area contributed by atoms with Crippen LogP contribution in [0.15, 0.2) is 0 Å². The molecule has 17 heavy (non-hydrogen) atoms. The number of rotatable bonds is 3. The summed E-state index contributed by atoms with van der Waals surface area (Å²) < 4.78 is 0. The summed E-state index contributed by atoms with van der Waals surface area (Å²) in [5.41, 5.74) is 6.00. The molecule has 100 valence electrons. The molecule has 1 rings (SSSR count). The number of nitrogens with two attached hydrogens (primary N) is 1. The molecule has 1 unspecified atom stereocenters. The maximum Gasteiger partial charge on any atom is 0.239 e. The van der Waals surface area contributed by atoms with Gasteiger partial charge in [-0.1, -0.05) is 20.8 Å². The van der Waals surface area contributed by atoms with Crippen molar-refractivity contribution in [2.75, 3.05) is 32.7 Å². The van der Waals surface area contributed by atoms with Crippen LogP contribution in [0.25, 0.3) is 0 Å². The van der Waals surface area contributed by atoms with Crippen LogP contribution in [0.2, 0.25) is 0 Å². The highest BCUT2D eigenvalue weighted by Crippen LogP contribution is 2.19. The molecule has 1 amide bonds. The Morgan fingerprint density at radius 1 is 1.24 bits per heavy atom. The van der Waals surface area contributed by atoms with E-state index in [1.165, 1.54) is 6.42 Å². The summed E-state index contributed by atoms with van der Waals surface area (Å²) in [4.78, 5) is 16.0. The van der Waals surface area contributed by atoms with Gasteiger partial charge in [0.05, 0.1) is 6.04 Å². The van der Waals surface area contributed by atoms with E-state index in [1.54, 1.807) is 6.92 Å². The van der Waals surface area contributed by atoms with Gasteiger partial charge in [-0.3, -0.25) is 9.69 Å². The fraction of sp³-hybridized carbons (Fsp3) is 0.923. The van der Waals surface area contributed by atoms with Crippen molar-refractivity contribution in [1.82, 2.24) is 9.80 Å². The number of hydrogen-bond donors (Lipinski definition) is 1. The second-order valence-corrected chi connectivity index (χ2v) is 6.27. The monoisotopic (exact) mass is 241 g/mol. The predicted octanol–water partition coefficient (Wildman–Crippen LogP) is 0.914. The van der Waals surface area contributed by atoms with Crippen molar-refractivity contribution in [2.24, 2.45) is 11.1 Å². The molecule has 0 bridgehead atoms. The number of carbonyl (C=O) groups excluding carboxylic acids is 1. The quantitative estimate of drug-likeness (QED) is 0.799. The van der Waals surface area contributed by atoms with Gasteiger partial charge in [0.15, 0.2) is 0 Å². The third-order valence-electron chi connectivity index (χ3n) is 3.25. The molecule has 1 aliphatic heterocycles. The molecule has 0 aliphatic carbocycles. The fourth-order valence-corrected chi connectivity index (χ4v) is 1.97. The first-order valence-corrected chi connectivity index (χ1v) is 6.56. The number of amides is 1. The Morgan fingerprint density at radius 2 is 1.76 bits per heavy atom. The first-order chi connectivity index (χ1) is 7.79. The first kappa shape index (κ1) is 14.5. The van der Waals surface area contributed by atoms with Gasteiger partial charge in [0, 0.05) is 26.2 Å². The van der Waals surface area contributed by atoms with Crippen molar-refractivity contribution in [3.63, 3.8) is 0 Å². The van der Waals surface area contributed by atoms with Crippen molar-refractivity contribution in [3.8, 4) is 0 Å². The van der Waals surface area contributed by atoms with Crippen molar-refractivity contribution in [1.29, 1.82) is 0 Å². The molecule has 4 heteroatoms. The minimum absolute atomic E-state index is 0.0838. The molecule has 1 atom stereocenters. The van der Waals surface area contributed by atoms with E-state index < -0.39 is 0 Å². The third kappa shape index (κ3) is 5.04. The maximum absolute atomic E-state index is 11.7. The molecule has 1 saturated heterocycles. The van der Waals surface area contributed by atoms with Crippen LogP contribution in [0.4, 0.5) is 0 Å². The number of hydrogen-bond acceptors (Lipinski definition) is 3. The lowest BCUT2D eigenvalue weighted by molar-refractivity contribution is -0.134. The van der Waals surface area contributed by atoms with Crippen LogP contribution >= 0.6 is 0 Å². The molecule has 0 spiro atoms. The molecule has 2 N–H and O–H groups in total. The fourth-order valence-electron chi connectivity index (χ4n) is 1.97. The van der Waals surface area contributed by atoms with Gasteiger partial charge in [0.1, 0.15) is 0 Å². The summed E-state index contributed by atoms with van der Waals surface area (Å²) >= 11 is 0. The molecular weight excluding hydrogens is 214 g/mol. The van der Waals surface area contributed by atoms with E-state index in [9.17, 15) is 4.79 Å². The largest absolute Gasteiger partial charge is 0.339 e. The van der Waals surface area contributed by atoms with Gasteiger partial charge >= 0.3 is 0 Å². The molecule has 0 aromatic rings. The zero-order valence-electron chi connectivity index (χ0n) is 11.7. The van der Waals surface area contributed by atoms with Crippen LogP contribution < -0.4 is 5.73 Å². The number of nitrogens with zero attached hydrogens (tertiary/aromatic N) is 2. The van der Waals surface area contributed by atoms with Crippen LogP contribution in [-0.2, 0) is 4.79 Å². The second kappa shape index (κ2) is 5.83. The van der Waals surface area contributed by atoms with Gasteiger partial charge in [-0.2, -0.15) is 0 Å². The lowest BCUT2D eigenvalue weighted by atomic mass is 9.92. The standard InChI is InChI=1S/C13H27N3O/c1-11(14)12(17)16-9-7-15(8-10-16)6-5-13(2,3)4/h11H,5-10,14H2,1-4H3. The number of carbonyl (C=O) groups is 1. The lowest BCUT2D eigenvalue weighted by Crippen LogP contribution is -2.52. The molecule has 0 radical (unpaired) electrons. The Balaban J connectivity index is 2.29. The highest BCUT2D eigenvalue weighted by atomic mass is 16.2. The normalized spacial score (nSPS) is 20.4. The Kier molecular flexibility index (Phi) is 4.95. The summed E-state index contributed by atoms with van der Waals surface area (Å²) in [7, 11) is 0. The molecule has 1 heterocycles. The van der Waals surface area contributed by atoms with Crippen molar-refractivity contribution in [3.05, 3.63) is 0 Å². The van der Waals surface area contributed by atoms with Crippen LogP contribution in [0.1, 0.15) is 34.1 Å².